The van der Waals surface area contributed by atoms with Gasteiger partial charge in [-0.05, 0) is 60.7 Å². The van der Waals surface area contributed by atoms with Gasteiger partial charge in [0.15, 0.2) is 5.69 Å². The van der Waals surface area contributed by atoms with Crippen molar-refractivity contribution in [3.05, 3.63) is 142 Å². The minimum Gasteiger partial charge on any atom is -0.508 e. The molecular formula is C38H33N7O7S2. The van der Waals surface area contributed by atoms with Gasteiger partial charge < -0.3 is 20.2 Å². The predicted molar refractivity (Wildman–Crippen MR) is 204 cm³/mol. The van der Waals surface area contributed by atoms with Crippen molar-refractivity contribution >= 4 is 50.7 Å². The van der Waals surface area contributed by atoms with E-state index < -0.39 is 31.4 Å². The lowest BCUT2D eigenvalue weighted by Gasteiger charge is -2.37. The number of phenolic OH excluding ortho intramolecular Hbond substituents is 1. The fraction of sp³-hybridized carbons (Fsp3) is 0.158. The van der Waals surface area contributed by atoms with Crippen LogP contribution in [-0.4, -0.2) is 83.8 Å². The number of aromatic nitrogens is 2. The van der Waals surface area contributed by atoms with Crippen molar-refractivity contribution in [1.82, 2.24) is 19.8 Å². The first-order chi connectivity index (χ1) is 26.1. The van der Waals surface area contributed by atoms with E-state index in [1.165, 1.54) is 36.5 Å². The molecule has 5 aromatic rings. The first kappa shape index (κ1) is 37.3. The third-order valence-corrected chi connectivity index (χ3v) is 10.7. The molecule has 16 heteroatoms. The number of nitro benzene ring substituents is 1. The average Bonchev–Trinajstić information content (AvgIpc) is 3.19. The predicted octanol–water partition coefficient (Wildman–Crippen LogP) is 4.78. The smallest absolute Gasteiger partial charge is 0.293 e. The number of carbonyl (C=O) groups is 2. The first-order valence-corrected chi connectivity index (χ1v) is 19.1. The summed E-state index contributed by atoms with van der Waals surface area (Å²) in [6.45, 7) is 1.04. The molecule has 0 unspecified atom stereocenters. The molecular weight excluding hydrogens is 731 g/mol. The molecule has 1 aromatic heterocycles. The monoisotopic (exact) mass is 763 g/mol. The highest BCUT2D eigenvalue weighted by molar-refractivity contribution is 7.99. The number of carbonyl (C=O) groups excluding carboxylic acids is 2. The summed E-state index contributed by atoms with van der Waals surface area (Å²) < 4.78 is 29.6. The summed E-state index contributed by atoms with van der Waals surface area (Å²) in [5, 5.41) is 32.5. The number of amides is 2. The maximum atomic E-state index is 13.8. The maximum Gasteiger partial charge on any atom is 0.293 e. The van der Waals surface area contributed by atoms with Crippen molar-refractivity contribution in [3.63, 3.8) is 0 Å². The number of thioether (sulfide) groups is 1. The number of phenols is 1. The van der Waals surface area contributed by atoms with Crippen molar-refractivity contribution in [2.45, 2.75) is 9.79 Å². The summed E-state index contributed by atoms with van der Waals surface area (Å²) in [4.78, 5) is 42.2. The molecule has 6 rings (SSSR count). The lowest BCUT2D eigenvalue weighted by Crippen LogP contribution is -2.49. The summed E-state index contributed by atoms with van der Waals surface area (Å²) in [5.74, 6) is 5.30. The molecule has 0 saturated carbocycles. The van der Waals surface area contributed by atoms with Crippen LogP contribution in [0, 0.1) is 22.0 Å². The standard InChI is InChI=1S/C38H33N7O7S2/c46-29-10-6-8-27(24-29)15-16-28-9-4-5-13-31(28)38(48)44-21-19-43(20-22-44)35-25-33(39-18-23-53-30-11-2-1-3-12-30)34(45(49)50)26-36(35)54(51,52)42-37(47)32-14-7-17-40-41-32/h1-14,17,24-26,39,46H,18-23H2,(H,42,47). The lowest BCUT2D eigenvalue weighted by molar-refractivity contribution is -0.384. The molecule has 0 atom stereocenters. The Kier molecular flexibility index (Phi) is 11.7. The van der Waals surface area contributed by atoms with Crippen LogP contribution in [-0.2, 0) is 10.0 Å². The SMILES string of the molecule is O=C(NS(=O)(=O)c1cc([N+](=O)[O-])c(NCCSc2ccccc2)cc1N1CCN(C(=O)c2ccccc2C#Cc2cccc(O)c2)CC1)c1cccnn1. The van der Waals surface area contributed by atoms with Crippen molar-refractivity contribution in [3.8, 4) is 17.6 Å². The highest BCUT2D eigenvalue weighted by Crippen LogP contribution is 2.37. The van der Waals surface area contributed by atoms with Gasteiger partial charge in [0.2, 0.25) is 0 Å². The van der Waals surface area contributed by atoms with E-state index in [1.807, 2.05) is 35.1 Å². The summed E-state index contributed by atoms with van der Waals surface area (Å²) in [5.41, 5.74) is 0.916. The van der Waals surface area contributed by atoms with Crippen molar-refractivity contribution in [2.75, 3.05) is 48.7 Å². The van der Waals surface area contributed by atoms with E-state index in [2.05, 4.69) is 27.4 Å². The Hall–Kier alpha value is -6.44. The van der Waals surface area contributed by atoms with E-state index in [9.17, 15) is 33.2 Å². The first-order valence-electron chi connectivity index (χ1n) is 16.6. The quantitative estimate of drug-likeness (QED) is 0.0551. The number of hydrogen-bond acceptors (Lipinski definition) is 12. The van der Waals surface area contributed by atoms with E-state index in [-0.39, 0.29) is 54.9 Å². The van der Waals surface area contributed by atoms with Gasteiger partial charge in [-0.15, -0.1) is 16.9 Å². The van der Waals surface area contributed by atoms with Crippen LogP contribution in [0.15, 0.2) is 119 Å². The molecule has 1 saturated heterocycles. The normalized spacial score (nSPS) is 12.7. The van der Waals surface area contributed by atoms with Gasteiger partial charge in [-0.25, -0.2) is 13.1 Å². The third kappa shape index (κ3) is 9.13. The number of aromatic hydroxyl groups is 1. The van der Waals surface area contributed by atoms with E-state index in [0.29, 0.717) is 29.0 Å². The van der Waals surface area contributed by atoms with Crippen LogP contribution in [0.5, 0.6) is 5.75 Å². The Morgan fingerprint density at radius 2 is 1.67 bits per heavy atom. The molecule has 274 valence electrons. The van der Waals surface area contributed by atoms with Crippen LogP contribution in [0.4, 0.5) is 17.1 Å². The largest absolute Gasteiger partial charge is 0.508 e. The summed E-state index contributed by atoms with van der Waals surface area (Å²) >= 11 is 1.55. The fourth-order valence-electron chi connectivity index (χ4n) is 5.66. The third-order valence-electron chi connectivity index (χ3n) is 8.28. The zero-order valence-electron chi connectivity index (χ0n) is 28.6. The number of nitro groups is 1. The number of piperazine rings is 1. The Morgan fingerprint density at radius 3 is 2.39 bits per heavy atom. The van der Waals surface area contributed by atoms with Crippen molar-refractivity contribution in [1.29, 1.82) is 0 Å². The van der Waals surface area contributed by atoms with Gasteiger partial charge in [0.1, 0.15) is 16.3 Å². The van der Waals surface area contributed by atoms with Gasteiger partial charge in [-0.2, -0.15) is 5.10 Å². The number of benzene rings is 4. The zero-order chi connectivity index (χ0) is 38.1. The highest BCUT2D eigenvalue weighted by Gasteiger charge is 2.32. The molecule has 0 aliphatic carbocycles. The van der Waals surface area contributed by atoms with Crippen LogP contribution in [0.2, 0.25) is 0 Å². The topological polar surface area (TPSA) is 188 Å². The lowest BCUT2D eigenvalue weighted by atomic mass is 10.1. The molecule has 4 aromatic carbocycles. The molecule has 0 radical (unpaired) electrons. The van der Waals surface area contributed by atoms with Crippen LogP contribution >= 0.6 is 11.8 Å². The molecule has 2 heterocycles. The maximum absolute atomic E-state index is 13.8. The van der Waals surface area contributed by atoms with Gasteiger partial charge >= 0.3 is 0 Å². The Balaban J connectivity index is 1.26. The van der Waals surface area contributed by atoms with Gasteiger partial charge in [-0.3, -0.25) is 19.7 Å². The second kappa shape index (κ2) is 16.9. The van der Waals surface area contributed by atoms with Gasteiger partial charge in [-0.1, -0.05) is 48.2 Å². The summed E-state index contributed by atoms with van der Waals surface area (Å²) in [6, 6.07) is 28.1. The molecule has 14 nitrogen and oxygen atoms in total. The number of nitrogens with zero attached hydrogens (tertiary/aromatic N) is 5. The Labute approximate surface area is 315 Å². The number of anilines is 2. The second-order valence-electron chi connectivity index (χ2n) is 11.9. The Morgan fingerprint density at radius 1 is 0.907 bits per heavy atom. The van der Waals surface area contributed by atoms with E-state index in [4.69, 9.17) is 0 Å². The molecule has 1 aliphatic rings. The molecule has 2 amide bonds. The molecule has 0 spiro atoms. The molecule has 1 fully saturated rings. The number of hydrogen-bond donors (Lipinski definition) is 3. The van der Waals surface area contributed by atoms with Gasteiger partial charge in [0.25, 0.3) is 27.5 Å². The number of rotatable bonds is 11. The number of nitrogens with one attached hydrogen (secondary N) is 2. The van der Waals surface area contributed by atoms with E-state index in [0.717, 1.165) is 11.0 Å². The van der Waals surface area contributed by atoms with Crippen LogP contribution in [0.3, 0.4) is 0 Å². The van der Waals surface area contributed by atoms with Crippen molar-refractivity contribution in [2.24, 2.45) is 0 Å². The minimum atomic E-state index is -4.69. The summed E-state index contributed by atoms with van der Waals surface area (Å²) in [7, 11) is -4.69. The molecule has 3 N–H and O–H groups in total. The van der Waals surface area contributed by atoms with E-state index >= 15 is 0 Å². The second-order valence-corrected chi connectivity index (χ2v) is 14.7. The van der Waals surface area contributed by atoms with E-state index in [1.54, 1.807) is 58.0 Å². The molecule has 1 aliphatic heterocycles. The Bertz CT molecular complexity index is 2340. The van der Waals surface area contributed by atoms with Crippen LogP contribution < -0.4 is 14.9 Å². The highest BCUT2D eigenvalue weighted by atomic mass is 32.2. The minimum absolute atomic E-state index is 0.0749. The van der Waals surface area contributed by atoms with Crippen molar-refractivity contribution < 1.29 is 28.0 Å². The van der Waals surface area contributed by atoms with Gasteiger partial charge in [0, 0.05) is 66.8 Å². The molecule has 0 bridgehead atoms. The van der Waals surface area contributed by atoms with Crippen LogP contribution in [0.1, 0.15) is 32.0 Å². The molecule has 54 heavy (non-hydrogen) atoms. The fourth-order valence-corrected chi connectivity index (χ4v) is 7.64. The van der Waals surface area contributed by atoms with Crippen LogP contribution in [0.25, 0.3) is 0 Å². The van der Waals surface area contributed by atoms with Gasteiger partial charge in [0.05, 0.1) is 16.2 Å². The average molecular weight is 764 g/mol. The number of sulfonamides is 1. The summed E-state index contributed by atoms with van der Waals surface area (Å²) in [6.07, 6.45) is 1.32. The zero-order valence-corrected chi connectivity index (χ0v) is 30.2.